The Morgan fingerprint density at radius 2 is 1.73 bits per heavy atom. The van der Waals surface area contributed by atoms with Crippen LogP contribution in [-0.2, 0) is 6.54 Å². The normalized spacial score (nSPS) is 10.9. The van der Waals surface area contributed by atoms with Gasteiger partial charge in [-0.15, -0.1) is 0 Å². The fourth-order valence-electron chi connectivity index (χ4n) is 3.73. The summed E-state index contributed by atoms with van der Waals surface area (Å²) in [5.74, 6) is -1.40. The summed E-state index contributed by atoms with van der Waals surface area (Å²) in [6, 6.07) is 18.9. The minimum absolute atomic E-state index is 0.128. The molecule has 0 bridgehead atoms. The Morgan fingerprint density at radius 3 is 2.51 bits per heavy atom. The highest BCUT2D eigenvalue weighted by molar-refractivity contribution is 6.36. The highest BCUT2D eigenvalue weighted by Gasteiger charge is 2.13. The Bertz CT molecular complexity index is 1630. The predicted octanol–water partition coefficient (Wildman–Crippen LogP) is 5.38. The van der Waals surface area contributed by atoms with Crippen molar-refractivity contribution in [2.45, 2.75) is 6.54 Å². The Kier molecular flexibility index (Phi) is 6.74. The highest BCUT2D eigenvalue weighted by Crippen LogP contribution is 2.28. The van der Waals surface area contributed by atoms with Crippen LogP contribution in [0.2, 0.25) is 5.02 Å². The second-order valence-corrected chi connectivity index (χ2v) is 8.51. The smallest absolute Gasteiger partial charge is 0.323 e. The average molecular weight is 515 g/mol. The maximum atomic E-state index is 13.4. The molecule has 7 nitrogen and oxygen atoms in total. The lowest BCUT2D eigenvalue weighted by Gasteiger charge is -2.13. The van der Waals surface area contributed by atoms with Crippen LogP contribution in [0.5, 0.6) is 0 Å². The minimum Gasteiger partial charge on any atom is -0.366 e. The quantitative estimate of drug-likeness (QED) is 0.266. The van der Waals surface area contributed by atoms with E-state index in [0.29, 0.717) is 39.9 Å². The molecule has 2 heterocycles. The number of urea groups is 1. The van der Waals surface area contributed by atoms with E-state index in [1.807, 2.05) is 30.3 Å². The molecule has 0 saturated carbocycles. The molecule has 11 heteroatoms. The number of anilines is 3. The Hall–Kier alpha value is -4.44. The summed E-state index contributed by atoms with van der Waals surface area (Å²) < 4.78 is 28.1. The first-order valence-corrected chi connectivity index (χ1v) is 11.5. The summed E-state index contributed by atoms with van der Waals surface area (Å²) in [7, 11) is 6.08. The third-order valence-corrected chi connectivity index (χ3v) is 5.81. The first-order valence-electron chi connectivity index (χ1n) is 11.1. The average Bonchev–Trinajstić information content (AvgIpc) is 3.26. The van der Waals surface area contributed by atoms with Crippen LogP contribution in [0.3, 0.4) is 0 Å². The summed E-state index contributed by atoms with van der Waals surface area (Å²) in [4.78, 5) is 16.9. The Balaban J connectivity index is 1.33. The second-order valence-electron chi connectivity index (χ2n) is 8.10. The van der Waals surface area contributed by atoms with Crippen LogP contribution in [-0.4, -0.2) is 28.5 Å². The Labute approximate surface area is 216 Å². The van der Waals surface area contributed by atoms with Crippen LogP contribution in [0, 0.1) is 11.6 Å². The largest absolute Gasteiger partial charge is 0.366 e. The van der Waals surface area contributed by atoms with Gasteiger partial charge in [0.1, 0.15) is 13.7 Å². The predicted molar refractivity (Wildman–Crippen MR) is 142 cm³/mol. The fraction of sp³-hybridized carbons (Fsp3) is 0.0385. The number of nitrogens with zero attached hydrogens (tertiary/aromatic N) is 3. The van der Waals surface area contributed by atoms with Crippen LogP contribution >= 0.6 is 11.6 Å². The SMILES string of the molecule is [B]c1cnn2c(NCc3cccc(NC(=O)Nc4ccc(F)c(F)c4)c3)cc(-c3ccccc3Cl)nc12. The van der Waals surface area contributed by atoms with E-state index in [0.717, 1.165) is 23.3 Å². The minimum atomic E-state index is -1.05. The first kappa shape index (κ1) is 24.3. The molecule has 5 rings (SSSR count). The van der Waals surface area contributed by atoms with Crippen LogP contribution in [0.4, 0.5) is 30.8 Å². The van der Waals surface area contributed by atoms with Gasteiger partial charge < -0.3 is 16.0 Å². The third kappa shape index (κ3) is 5.39. The summed E-state index contributed by atoms with van der Waals surface area (Å²) in [6.07, 6.45) is 1.53. The van der Waals surface area contributed by atoms with E-state index in [9.17, 15) is 13.6 Å². The van der Waals surface area contributed by atoms with Crippen molar-refractivity contribution in [1.29, 1.82) is 0 Å². The van der Waals surface area contributed by atoms with Gasteiger partial charge in [0.15, 0.2) is 17.3 Å². The zero-order valence-corrected chi connectivity index (χ0v) is 19.9. The van der Waals surface area contributed by atoms with Gasteiger partial charge in [-0.3, -0.25) is 0 Å². The highest BCUT2D eigenvalue weighted by atomic mass is 35.5. The van der Waals surface area contributed by atoms with Gasteiger partial charge in [0.25, 0.3) is 0 Å². The molecule has 0 spiro atoms. The molecule has 0 atom stereocenters. The number of aromatic nitrogens is 3. The molecule has 0 aliphatic rings. The van der Waals surface area contributed by atoms with Gasteiger partial charge >= 0.3 is 6.03 Å². The summed E-state index contributed by atoms with van der Waals surface area (Å²) in [6.45, 7) is 0.390. The molecule has 0 unspecified atom stereocenters. The van der Waals surface area contributed by atoms with Gasteiger partial charge in [-0.1, -0.05) is 41.9 Å². The number of halogens is 3. The molecule has 2 amide bonds. The van der Waals surface area contributed by atoms with Gasteiger partial charge in [0, 0.05) is 46.8 Å². The lowest BCUT2D eigenvalue weighted by molar-refractivity contribution is 0.262. The maximum Gasteiger partial charge on any atom is 0.323 e. The zero-order valence-electron chi connectivity index (χ0n) is 19.2. The van der Waals surface area contributed by atoms with Crippen molar-refractivity contribution >= 4 is 53.8 Å². The van der Waals surface area contributed by atoms with Gasteiger partial charge in [0.2, 0.25) is 0 Å². The zero-order chi connectivity index (χ0) is 25.9. The number of rotatable bonds is 6. The number of amides is 2. The van der Waals surface area contributed by atoms with Gasteiger partial charge in [-0.25, -0.2) is 18.6 Å². The standard InChI is InChI=1S/C26H18BClF2N6O/c27-19-14-32-36-24(12-23(35-25(19)36)18-6-1-2-7-20(18)28)31-13-15-4-3-5-16(10-15)33-26(37)34-17-8-9-21(29)22(30)11-17/h1-12,14,31H,13H2,(H2,33,34,37). The van der Waals surface area contributed by atoms with Crippen molar-refractivity contribution in [2.24, 2.45) is 0 Å². The summed E-state index contributed by atoms with van der Waals surface area (Å²) in [5, 5.41) is 13.4. The van der Waals surface area contributed by atoms with Gasteiger partial charge in [0.05, 0.1) is 5.69 Å². The number of carbonyl (C=O) groups excluding carboxylic acids is 1. The Morgan fingerprint density at radius 1 is 0.946 bits per heavy atom. The maximum absolute atomic E-state index is 13.4. The van der Waals surface area contributed by atoms with Crippen molar-refractivity contribution in [3.63, 3.8) is 0 Å². The van der Waals surface area contributed by atoms with Gasteiger partial charge in [-0.05, 0) is 41.4 Å². The van der Waals surface area contributed by atoms with Gasteiger partial charge in [-0.2, -0.15) is 9.61 Å². The van der Waals surface area contributed by atoms with E-state index in [4.69, 9.17) is 19.4 Å². The molecule has 0 fully saturated rings. The van der Waals surface area contributed by atoms with E-state index in [2.05, 4.69) is 26.0 Å². The summed E-state index contributed by atoms with van der Waals surface area (Å²) in [5.41, 5.74) is 3.81. The van der Waals surface area contributed by atoms with E-state index >= 15 is 0 Å². The number of carbonyl (C=O) groups is 1. The van der Waals surface area contributed by atoms with Crippen LogP contribution in [0.15, 0.2) is 79.0 Å². The van der Waals surface area contributed by atoms with E-state index in [1.54, 1.807) is 28.8 Å². The molecule has 37 heavy (non-hydrogen) atoms. The lowest BCUT2D eigenvalue weighted by Crippen LogP contribution is -2.19. The number of hydrogen-bond donors (Lipinski definition) is 3. The van der Waals surface area contributed by atoms with E-state index in [-0.39, 0.29) is 5.69 Å². The van der Waals surface area contributed by atoms with Crippen LogP contribution in [0.25, 0.3) is 16.9 Å². The second kappa shape index (κ2) is 10.3. The molecular formula is C26H18BClF2N6O. The van der Waals surface area contributed by atoms with E-state index < -0.39 is 17.7 Å². The van der Waals surface area contributed by atoms with Crippen molar-refractivity contribution in [3.8, 4) is 11.3 Å². The van der Waals surface area contributed by atoms with E-state index in [1.165, 1.54) is 12.3 Å². The molecule has 3 aromatic carbocycles. The molecule has 5 aromatic rings. The first-order chi connectivity index (χ1) is 17.9. The molecule has 0 aliphatic heterocycles. The van der Waals surface area contributed by atoms with Crippen molar-refractivity contribution < 1.29 is 13.6 Å². The molecule has 182 valence electrons. The molecule has 0 aliphatic carbocycles. The number of hydrogen-bond acceptors (Lipinski definition) is 4. The van der Waals surface area contributed by atoms with Crippen molar-refractivity contribution in [3.05, 3.63) is 101 Å². The molecule has 3 N–H and O–H groups in total. The molecular weight excluding hydrogens is 497 g/mol. The molecule has 2 radical (unpaired) electrons. The molecule has 0 saturated heterocycles. The van der Waals surface area contributed by atoms with Crippen molar-refractivity contribution in [2.75, 3.05) is 16.0 Å². The number of nitrogens with one attached hydrogen (secondary N) is 3. The van der Waals surface area contributed by atoms with Crippen LogP contribution in [0.1, 0.15) is 5.56 Å². The number of benzene rings is 3. The fourth-order valence-corrected chi connectivity index (χ4v) is 3.96. The topological polar surface area (TPSA) is 83.3 Å². The van der Waals surface area contributed by atoms with Crippen LogP contribution < -0.4 is 21.4 Å². The van der Waals surface area contributed by atoms with Crippen molar-refractivity contribution in [1.82, 2.24) is 14.6 Å². The molecule has 2 aromatic heterocycles. The number of fused-ring (bicyclic) bond motifs is 1. The summed E-state index contributed by atoms with van der Waals surface area (Å²) >= 11 is 6.38. The lowest BCUT2D eigenvalue weighted by atomic mass is 10.0. The monoisotopic (exact) mass is 514 g/mol. The third-order valence-electron chi connectivity index (χ3n) is 5.48.